The monoisotopic (exact) mass is 237 g/mol. The van der Waals surface area contributed by atoms with Crippen LogP contribution in [0, 0.1) is 0 Å². The van der Waals surface area contributed by atoms with E-state index in [-0.39, 0.29) is 18.5 Å². The molecule has 0 aliphatic rings. The second kappa shape index (κ2) is 6.37. The summed E-state index contributed by atoms with van der Waals surface area (Å²) < 4.78 is 10.4. The Morgan fingerprint density at radius 3 is 2.71 bits per heavy atom. The molecule has 0 aliphatic carbocycles. The van der Waals surface area contributed by atoms with E-state index in [1.54, 1.807) is 18.2 Å². The summed E-state index contributed by atoms with van der Waals surface area (Å²) in [6, 6.07) is 6.40. The Bertz CT molecular complexity index is 377. The fraction of sp³-hybridized carbons (Fsp3) is 0.462. The van der Waals surface area contributed by atoms with Crippen LogP contribution < -0.4 is 10.5 Å². The molecule has 1 atom stereocenters. The highest BCUT2D eigenvalue weighted by atomic mass is 16.5. The zero-order valence-electron chi connectivity index (χ0n) is 10.5. The summed E-state index contributed by atoms with van der Waals surface area (Å²) in [6.45, 7) is 4.09. The highest BCUT2D eigenvalue weighted by Gasteiger charge is 2.16. The first-order valence-electron chi connectivity index (χ1n) is 5.60. The molecule has 2 N–H and O–H groups in total. The third kappa shape index (κ3) is 4.17. The second-order valence-electron chi connectivity index (χ2n) is 4.12. The van der Waals surface area contributed by atoms with Crippen LogP contribution in [0.1, 0.15) is 24.2 Å². The minimum Gasteiger partial charge on any atom is -0.491 e. The first-order chi connectivity index (χ1) is 8.04. The summed E-state index contributed by atoms with van der Waals surface area (Å²) >= 11 is 0. The fourth-order valence-electron chi connectivity index (χ4n) is 1.46. The molecule has 0 heterocycles. The number of Topliss-reactive ketones (excluding diaryl/α,β-unsaturated/α-hetero) is 1. The minimum absolute atomic E-state index is 0.0769. The highest BCUT2D eigenvalue weighted by molar-refractivity contribution is 6.00. The number of ketones is 1. The van der Waals surface area contributed by atoms with Crippen LogP contribution >= 0.6 is 0 Å². The lowest BCUT2D eigenvalue weighted by Gasteiger charge is -2.12. The Balaban J connectivity index is 2.80. The fourth-order valence-corrected chi connectivity index (χ4v) is 1.46. The molecule has 1 unspecified atom stereocenters. The number of hydrogen-bond donors (Lipinski definition) is 1. The molecule has 0 fully saturated rings. The van der Waals surface area contributed by atoms with Crippen LogP contribution in [0.15, 0.2) is 24.3 Å². The zero-order chi connectivity index (χ0) is 12.8. The van der Waals surface area contributed by atoms with Gasteiger partial charge in [0.05, 0.1) is 18.8 Å². The summed E-state index contributed by atoms with van der Waals surface area (Å²) in [5.74, 6) is 0.538. The molecule has 1 rings (SSSR count). The Kier molecular flexibility index (Phi) is 5.12. The van der Waals surface area contributed by atoms with E-state index in [1.165, 1.54) is 7.11 Å². The van der Waals surface area contributed by atoms with E-state index in [0.29, 0.717) is 11.3 Å². The minimum atomic E-state index is -0.630. The van der Waals surface area contributed by atoms with Crippen LogP contribution in [0.5, 0.6) is 5.75 Å². The molecule has 0 bridgehead atoms. The zero-order valence-corrected chi connectivity index (χ0v) is 10.5. The van der Waals surface area contributed by atoms with Crippen molar-refractivity contribution in [3.63, 3.8) is 0 Å². The molecule has 0 radical (unpaired) electrons. The third-order valence-electron chi connectivity index (χ3n) is 2.17. The molecule has 0 spiro atoms. The largest absolute Gasteiger partial charge is 0.491 e. The topological polar surface area (TPSA) is 61.5 Å². The number of ether oxygens (including phenoxy) is 2. The van der Waals surface area contributed by atoms with Crippen molar-refractivity contribution in [2.75, 3.05) is 13.7 Å². The average molecular weight is 237 g/mol. The Labute approximate surface area is 102 Å². The summed E-state index contributed by atoms with van der Waals surface area (Å²) in [5, 5.41) is 0. The summed E-state index contributed by atoms with van der Waals surface area (Å²) in [6.07, 6.45) is 0.0769. The molecular formula is C13H19NO3. The highest BCUT2D eigenvalue weighted by Crippen LogP contribution is 2.16. The van der Waals surface area contributed by atoms with Gasteiger partial charge in [-0.25, -0.2) is 0 Å². The van der Waals surface area contributed by atoms with E-state index in [9.17, 15) is 4.79 Å². The molecule has 0 aromatic heterocycles. The van der Waals surface area contributed by atoms with Crippen LogP contribution in [-0.4, -0.2) is 31.6 Å². The van der Waals surface area contributed by atoms with Gasteiger partial charge >= 0.3 is 0 Å². The first kappa shape index (κ1) is 13.7. The van der Waals surface area contributed by atoms with Crippen molar-refractivity contribution in [1.82, 2.24) is 0 Å². The predicted molar refractivity (Wildman–Crippen MR) is 66.4 cm³/mol. The van der Waals surface area contributed by atoms with Crippen molar-refractivity contribution in [2.45, 2.75) is 26.0 Å². The molecule has 1 aromatic rings. The predicted octanol–water partition coefficient (Wildman–Crippen LogP) is 1.63. The van der Waals surface area contributed by atoms with E-state index in [1.807, 2.05) is 19.9 Å². The molecule has 4 nitrogen and oxygen atoms in total. The van der Waals surface area contributed by atoms with Crippen molar-refractivity contribution < 1.29 is 14.3 Å². The normalized spacial score (nSPS) is 12.5. The maximum atomic E-state index is 11.9. The van der Waals surface area contributed by atoms with Crippen LogP contribution in [0.2, 0.25) is 0 Å². The maximum Gasteiger partial charge on any atom is 0.182 e. The van der Waals surface area contributed by atoms with Crippen LogP contribution in [0.3, 0.4) is 0 Å². The van der Waals surface area contributed by atoms with Gasteiger partial charge in [0.1, 0.15) is 5.75 Å². The molecule has 94 valence electrons. The average Bonchev–Trinajstić information content (AvgIpc) is 2.28. The first-order valence-corrected chi connectivity index (χ1v) is 5.60. The van der Waals surface area contributed by atoms with Gasteiger partial charge in [0.25, 0.3) is 0 Å². The van der Waals surface area contributed by atoms with Crippen molar-refractivity contribution in [2.24, 2.45) is 5.73 Å². The third-order valence-corrected chi connectivity index (χ3v) is 2.17. The van der Waals surface area contributed by atoms with Gasteiger partial charge in [0, 0.05) is 12.7 Å². The van der Waals surface area contributed by atoms with Crippen molar-refractivity contribution in [3.8, 4) is 5.75 Å². The quantitative estimate of drug-likeness (QED) is 0.764. The van der Waals surface area contributed by atoms with Gasteiger partial charge < -0.3 is 15.2 Å². The molecule has 0 saturated carbocycles. The lowest BCUT2D eigenvalue weighted by atomic mass is 10.1. The number of carbonyl (C=O) groups is 1. The summed E-state index contributed by atoms with van der Waals surface area (Å²) in [5.41, 5.74) is 6.24. The molecule has 0 amide bonds. The van der Waals surface area contributed by atoms with Crippen molar-refractivity contribution >= 4 is 5.78 Å². The second-order valence-corrected chi connectivity index (χ2v) is 4.12. The van der Waals surface area contributed by atoms with E-state index in [4.69, 9.17) is 15.2 Å². The molecule has 17 heavy (non-hydrogen) atoms. The lowest BCUT2D eigenvalue weighted by molar-refractivity contribution is 0.0891. The van der Waals surface area contributed by atoms with Gasteiger partial charge in [0.2, 0.25) is 0 Å². The molecule has 0 aliphatic heterocycles. The number of rotatable bonds is 6. The Morgan fingerprint density at radius 1 is 1.41 bits per heavy atom. The standard InChI is InChI=1S/C13H19NO3/c1-9(2)17-11-6-4-5-10(7-11)13(15)12(14)8-16-3/h4-7,9,12H,8,14H2,1-3H3. The van der Waals surface area contributed by atoms with E-state index in [2.05, 4.69) is 0 Å². The van der Waals surface area contributed by atoms with Gasteiger partial charge in [-0.15, -0.1) is 0 Å². The SMILES string of the molecule is COCC(N)C(=O)c1cccc(OC(C)C)c1. The van der Waals surface area contributed by atoms with Gasteiger partial charge in [-0.2, -0.15) is 0 Å². The van der Waals surface area contributed by atoms with Crippen LogP contribution in [0.25, 0.3) is 0 Å². The van der Waals surface area contributed by atoms with Crippen LogP contribution in [0.4, 0.5) is 0 Å². The number of carbonyl (C=O) groups excluding carboxylic acids is 1. The van der Waals surface area contributed by atoms with E-state index >= 15 is 0 Å². The van der Waals surface area contributed by atoms with E-state index in [0.717, 1.165) is 0 Å². The Morgan fingerprint density at radius 2 is 2.12 bits per heavy atom. The smallest absolute Gasteiger partial charge is 0.182 e. The number of methoxy groups -OCH3 is 1. The van der Waals surface area contributed by atoms with Crippen molar-refractivity contribution in [1.29, 1.82) is 0 Å². The summed E-state index contributed by atoms with van der Waals surface area (Å²) in [4.78, 5) is 11.9. The maximum absolute atomic E-state index is 11.9. The van der Waals surface area contributed by atoms with Gasteiger partial charge in [-0.3, -0.25) is 4.79 Å². The van der Waals surface area contributed by atoms with Crippen LogP contribution in [-0.2, 0) is 4.74 Å². The number of hydrogen-bond acceptors (Lipinski definition) is 4. The van der Waals surface area contributed by atoms with Crippen molar-refractivity contribution in [3.05, 3.63) is 29.8 Å². The summed E-state index contributed by atoms with van der Waals surface area (Å²) in [7, 11) is 1.52. The van der Waals surface area contributed by atoms with E-state index < -0.39 is 6.04 Å². The van der Waals surface area contributed by atoms with Gasteiger partial charge in [-0.1, -0.05) is 12.1 Å². The van der Waals surface area contributed by atoms with Gasteiger partial charge in [0.15, 0.2) is 5.78 Å². The van der Waals surface area contributed by atoms with Gasteiger partial charge in [-0.05, 0) is 26.0 Å². The molecule has 4 heteroatoms. The molecule has 1 aromatic carbocycles. The molecular weight excluding hydrogens is 218 g/mol. The number of benzene rings is 1. The lowest BCUT2D eigenvalue weighted by Crippen LogP contribution is -2.34. The Hall–Kier alpha value is -1.39. The molecule has 0 saturated heterocycles. The number of nitrogens with two attached hydrogens (primary N) is 1.